The second-order valence-electron chi connectivity index (χ2n) is 3.46. The van der Waals surface area contributed by atoms with Gasteiger partial charge in [0.1, 0.15) is 5.52 Å². The van der Waals surface area contributed by atoms with Gasteiger partial charge in [0.25, 0.3) is 0 Å². The van der Waals surface area contributed by atoms with Crippen LogP contribution in [-0.4, -0.2) is 9.97 Å². The van der Waals surface area contributed by atoms with E-state index in [9.17, 15) is 13.2 Å². The molecule has 0 fully saturated rings. The van der Waals surface area contributed by atoms with Crippen molar-refractivity contribution < 1.29 is 17.6 Å². The Balaban J connectivity index is 2.08. The van der Waals surface area contributed by atoms with Crippen molar-refractivity contribution in [2.24, 2.45) is 0 Å². The van der Waals surface area contributed by atoms with E-state index in [1.165, 1.54) is 6.26 Å². The van der Waals surface area contributed by atoms with Gasteiger partial charge in [0.05, 0.1) is 11.8 Å². The van der Waals surface area contributed by atoms with Crippen LogP contribution in [0.25, 0.3) is 11.0 Å². The lowest BCUT2D eigenvalue weighted by molar-refractivity contribution is 0.452. The lowest BCUT2D eigenvalue weighted by atomic mass is 10.3. The van der Waals surface area contributed by atoms with E-state index >= 15 is 0 Å². The summed E-state index contributed by atoms with van der Waals surface area (Å²) in [6, 6.07) is 4.24. The molecule has 2 aromatic heterocycles. The monoisotopic (exact) mass is 270 g/mol. The minimum atomic E-state index is -1.52. The van der Waals surface area contributed by atoms with E-state index in [1.54, 1.807) is 12.1 Å². The Morgan fingerprint density at radius 2 is 2.06 bits per heavy atom. The molecule has 18 heavy (non-hydrogen) atoms. The van der Waals surface area contributed by atoms with E-state index < -0.39 is 17.5 Å². The van der Waals surface area contributed by atoms with Crippen molar-refractivity contribution in [3.05, 3.63) is 41.9 Å². The van der Waals surface area contributed by atoms with E-state index in [1.807, 2.05) is 0 Å². The number of hydrogen-bond acceptors (Lipinski definition) is 3. The first-order valence-electron chi connectivity index (χ1n) is 4.89. The van der Waals surface area contributed by atoms with Gasteiger partial charge >= 0.3 is 0 Å². The average molecular weight is 270 g/mol. The quantitative estimate of drug-likeness (QED) is 0.721. The molecule has 0 aliphatic rings. The molecule has 0 saturated carbocycles. The highest BCUT2D eigenvalue weighted by Crippen LogP contribution is 2.29. The van der Waals surface area contributed by atoms with Gasteiger partial charge in [0, 0.05) is 6.07 Å². The number of aromatic nitrogens is 2. The molecule has 0 aliphatic carbocycles. The smallest absolute Gasteiger partial charge is 0.196 e. The van der Waals surface area contributed by atoms with Crippen LogP contribution in [0.4, 0.5) is 13.2 Å². The molecule has 0 bridgehead atoms. The van der Waals surface area contributed by atoms with Crippen LogP contribution in [0, 0.1) is 17.5 Å². The molecule has 0 spiro atoms. The van der Waals surface area contributed by atoms with Crippen molar-refractivity contribution in [2.45, 2.75) is 10.2 Å². The fraction of sp³-hybridized carbons (Fsp3) is 0. The predicted molar refractivity (Wildman–Crippen MR) is 58.8 cm³/mol. The molecule has 1 aromatic carbocycles. The summed E-state index contributed by atoms with van der Waals surface area (Å²) < 4.78 is 44.5. The Kier molecular flexibility index (Phi) is 2.55. The van der Waals surface area contributed by atoms with Crippen LogP contribution < -0.4 is 0 Å². The average Bonchev–Trinajstić information content (AvgIpc) is 2.96. The number of fused-ring (bicyclic) bond motifs is 1. The van der Waals surface area contributed by atoms with Crippen LogP contribution in [0.3, 0.4) is 0 Å². The summed E-state index contributed by atoms with van der Waals surface area (Å²) >= 11 is 1.10. The Labute approximate surface area is 103 Å². The van der Waals surface area contributed by atoms with Crippen LogP contribution in [0.15, 0.2) is 39.1 Å². The van der Waals surface area contributed by atoms with Gasteiger partial charge in [-0.3, -0.25) is 0 Å². The van der Waals surface area contributed by atoms with E-state index in [0.29, 0.717) is 10.2 Å². The Morgan fingerprint density at radius 3 is 2.78 bits per heavy atom. The molecule has 0 atom stereocenters. The Hall–Kier alpha value is -1.89. The van der Waals surface area contributed by atoms with Crippen LogP contribution in [-0.2, 0) is 0 Å². The molecule has 3 nitrogen and oxygen atoms in total. The predicted octanol–water partition coefficient (Wildman–Crippen LogP) is 3.72. The van der Waals surface area contributed by atoms with Crippen LogP contribution in [0.5, 0.6) is 0 Å². The zero-order valence-corrected chi connectivity index (χ0v) is 9.52. The largest absolute Gasteiger partial charge is 0.458 e. The van der Waals surface area contributed by atoms with Crippen molar-refractivity contribution in [2.75, 3.05) is 0 Å². The minimum Gasteiger partial charge on any atom is -0.458 e. The molecule has 1 N–H and O–H groups in total. The van der Waals surface area contributed by atoms with E-state index in [0.717, 1.165) is 17.8 Å². The molecular weight excluding hydrogens is 265 g/mol. The first-order chi connectivity index (χ1) is 8.65. The fourth-order valence-electron chi connectivity index (χ4n) is 1.50. The number of benzene rings is 1. The lowest BCUT2D eigenvalue weighted by Gasteiger charge is -1.94. The maximum atomic E-state index is 13.4. The number of hydrogen-bond donors (Lipinski definition) is 1. The molecule has 0 radical (unpaired) electrons. The summed E-state index contributed by atoms with van der Waals surface area (Å²) in [7, 11) is 0. The Morgan fingerprint density at radius 1 is 1.22 bits per heavy atom. The van der Waals surface area contributed by atoms with Gasteiger partial charge in [-0.1, -0.05) is 0 Å². The second-order valence-corrected chi connectivity index (χ2v) is 4.45. The number of nitrogens with zero attached hydrogens (tertiary/aromatic N) is 1. The number of H-pyrrole nitrogens is 1. The minimum absolute atomic E-state index is 0.0976. The van der Waals surface area contributed by atoms with Gasteiger partial charge in [0.15, 0.2) is 27.7 Å². The molecule has 7 heteroatoms. The third-order valence-corrected chi connectivity index (χ3v) is 3.10. The number of nitrogens with one attached hydrogen (secondary N) is 1. The number of furan rings is 1. The van der Waals surface area contributed by atoms with Gasteiger partial charge in [-0.2, -0.15) is 0 Å². The molecule has 0 aliphatic heterocycles. The van der Waals surface area contributed by atoms with Crippen molar-refractivity contribution >= 4 is 22.8 Å². The second kappa shape index (κ2) is 4.09. The van der Waals surface area contributed by atoms with Crippen LogP contribution in [0.2, 0.25) is 0 Å². The molecule has 0 amide bonds. The van der Waals surface area contributed by atoms with E-state index in [4.69, 9.17) is 4.42 Å². The maximum Gasteiger partial charge on any atom is 0.196 e. The summed E-state index contributed by atoms with van der Waals surface area (Å²) in [5.74, 6) is -4.07. The highest BCUT2D eigenvalue weighted by molar-refractivity contribution is 7.99. The van der Waals surface area contributed by atoms with E-state index in [-0.39, 0.29) is 11.0 Å². The number of aromatic amines is 1. The molecule has 3 aromatic rings. The molecule has 92 valence electrons. The molecular formula is C11H5F3N2OS. The Bertz CT molecular complexity index is 709. The molecule has 0 unspecified atom stereocenters. The zero-order chi connectivity index (χ0) is 12.7. The fourth-order valence-corrected chi connectivity index (χ4v) is 2.24. The van der Waals surface area contributed by atoms with Gasteiger partial charge in [-0.15, -0.1) is 0 Å². The highest BCUT2D eigenvalue weighted by atomic mass is 32.2. The van der Waals surface area contributed by atoms with Crippen molar-refractivity contribution in [1.29, 1.82) is 0 Å². The summed E-state index contributed by atoms with van der Waals surface area (Å²) in [5.41, 5.74) is -0.136. The zero-order valence-electron chi connectivity index (χ0n) is 8.71. The van der Waals surface area contributed by atoms with Crippen LogP contribution >= 0.6 is 11.8 Å². The standard InChI is InChI=1S/C11H5F3N2OS/c12-5-4-6-10(9(14)8(5)13)16-11(15-6)18-7-2-1-3-17-7/h1-4H,(H,15,16). The van der Waals surface area contributed by atoms with Crippen LogP contribution in [0.1, 0.15) is 0 Å². The van der Waals surface area contributed by atoms with E-state index in [2.05, 4.69) is 9.97 Å². The molecule has 0 saturated heterocycles. The first-order valence-corrected chi connectivity index (χ1v) is 5.71. The van der Waals surface area contributed by atoms with Crippen molar-refractivity contribution in [3.8, 4) is 0 Å². The van der Waals surface area contributed by atoms with Crippen molar-refractivity contribution in [1.82, 2.24) is 9.97 Å². The topological polar surface area (TPSA) is 41.8 Å². The summed E-state index contributed by atoms with van der Waals surface area (Å²) in [4.78, 5) is 6.54. The highest BCUT2D eigenvalue weighted by Gasteiger charge is 2.17. The third kappa shape index (κ3) is 1.76. The third-order valence-electron chi connectivity index (χ3n) is 2.28. The van der Waals surface area contributed by atoms with Gasteiger partial charge in [-0.25, -0.2) is 18.2 Å². The molecule has 3 rings (SSSR count). The summed E-state index contributed by atoms with van der Waals surface area (Å²) in [5, 5.41) is 0.833. The first kappa shape index (κ1) is 11.2. The molecule has 2 heterocycles. The number of rotatable bonds is 2. The summed E-state index contributed by atoms with van der Waals surface area (Å²) in [6.45, 7) is 0. The van der Waals surface area contributed by atoms with Gasteiger partial charge in [0.2, 0.25) is 0 Å². The lowest BCUT2D eigenvalue weighted by Crippen LogP contribution is -1.91. The maximum absolute atomic E-state index is 13.4. The van der Waals surface area contributed by atoms with Gasteiger partial charge < -0.3 is 9.40 Å². The normalized spacial score (nSPS) is 11.3. The number of imidazole rings is 1. The SMILES string of the molecule is Fc1cc2[nH]c(Sc3ccco3)nc2c(F)c1F. The number of halogens is 3. The van der Waals surface area contributed by atoms with Crippen molar-refractivity contribution in [3.63, 3.8) is 0 Å². The summed E-state index contributed by atoms with van der Waals surface area (Å²) in [6.07, 6.45) is 1.48. The van der Waals surface area contributed by atoms with Gasteiger partial charge in [-0.05, 0) is 23.9 Å².